The molecule has 0 atom stereocenters. The summed E-state index contributed by atoms with van der Waals surface area (Å²) < 4.78 is 19.1. The topological polar surface area (TPSA) is 72.5 Å². The van der Waals surface area contributed by atoms with E-state index in [4.69, 9.17) is 4.74 Å². The van der Waals surface area contributed by atoms with Crippen molar-refractivity contribution in [3.63, 3.8) is 0 Å². The zero-order chi connectivity index (χ0) is 20.8. The standard InChI is InChI=1S/C22H21BrFNO4/c23-17-7-8-19(18(24)12-17)25-21(27)13-29-22(28)10-9-20(26)16-6-5-14-3-1-2-4-15(14)11-16/h5-8,11-12H,1-4,9-10,13H2,(H,25,27). The van der Waals surface area contributed by atoms with E-state index in [-0.39, 0.29) is 24.3 Å². The fourth-order valence-corrected chi connectivity index (χ4v) is 3.60. The Labute approximate surface area is 176 Å². The van der Waals surface area contributed by atoms with Crippen LogP contribution in [0.15, 0.2) is 40.9 Å². The van der Waals surface area contributed by atoms with E-state index in [2.05, 4.69) is 21.2 Å². The van der Waals surface area contributed by atoms with E-state index in [9.17, 15) is 18.8 Å². The lowest BCUT2D eigenvalue weighted by Crippen LogP contribution is -2.21. The normalized spacial score (nSPS) is 12.8. The van der Waals surface area contributed by atoms with Gasteiger partial charge in [-0.1, -0.05) is 28.1 Å². The number of esters is 1. The Morgan fingerprint density at radius 2 is 1.76 bits per heavy atom. The number of benzene rings is 2. The molecule has 0 aliphatic heterocycles. The van der Waals surface area contributed by atoms with E-state index in [1.807, 2.05) is 12.1 Å². The highest BCUT2D eigenvalue weighted by Gasteiger charge is 2.15. The third-order valence-corrected chi connectivity index (χ3v) is 5.29. The monoisotopic (exact) mass is 461 g/mol. The molecule has 2 aromatic carbocycles. The van der Waals surface area contributed by atoms with Crippen molar-refractivity contribution in [2.75, 3.05) is 11.9 Å². The first-order valence-electron chi connectivity index (χ1n) is 9.48. The number of anilines is 1. The maximum atomic E-state index is 13.7. The fourth-order valence-electron chi connectivity index (χ4n) is 3.26. The SMILES string of the molecule is O=C(COC(=O)CCC(=O)c1ccc2c(c1)CCCC2)Nc1ccc(Br)cc1F. The molecule has 0 spiro atoms. The Hall–Kier alpha value is -2.54. The van der Waals surface area contributed by atoms with Gasteiger partial charge in [0, 0.05) is 16.5 Å². The van der Waals surface area contributed by atoms with Crippen molar-refractivity contribution in [1.29, 1.82) is 0 Å². The molecule has 7 heteroatoms. The van der Waals surface area contributed by atoms with E-state index in [1.54, 1.807) is 12.1 Å². The molecule has 0 fully saturated rings. The number of ketones is 1. The average Bonchev–Trinajstić information content (AvgIpc) is 2.72. The Kier molecular flexibility index (Phi) is 7.14. The Morgan fingerprint density at radius 3 is 2.52 bits per heavy atom. The molecular formula is C22H21BrFNO4. The van der Waals surface area contributed by atoms with Gasteiger partial charge in [0.15, 0.2) is 12.4 Å². The summed E-state index contributed by atoms with van der Waals surface area (Å²) in [5.74, 6) is -2.03. The molecule has 2 aromatic rings. The van der Waals surface area contributed by atoms with Crippen LogP contribution in [-0.2, 0) is 27.2 Å². The number of amides is 1. The minimum Gasteiger partial charge on any atom is -0.456 e. The largest absolute Gasteiger partial charge is 0.456 e. The summed E-state index contributed by atoms with van der Waals surface area (Å²) in [5, 5.41) is 2.33. The van der Waals surface area contributed by atoms with Crippen LogP contribution in [0.5, 0.6) is 0 Å². The number of carbonyl (C=O) groups is 3. The van der Waals surface area contributed by atoms with Crippen molar-refractivity contribution >= 4 is 39.3 Å². The summed E-state index contributed by atoms with van der Waals surface area (Å²) in [6.45, 7) is -0.540. The second kappa shape index (κ2) is 9.78. The highest BCUT2D eigenvalue weighted by molar-refractivity contribution is 9.10. The molecule has 1 aliphatic rings. The van der Waals surface area contributed by atoms with Crippen LogP contribution in [0.25, 0.3) is 0 Å². The third-order valence-electron chi connectivity index (χ3n) is 4.80. The molecule has 0 aromatic heterocycles. The number of aryl methyl sites for hydroxylation is 2. The second-order valence-electron chi connectivity index (χ2n) is 6.95. The number of halogens is 2. The van der Waals surface area contributed by atoms with Crippen molar-refractivity contribution in [2.45, 2.75) is 38.5 Å². The van der Waals surface area contributed by atoms with Gasteiger partial charge < -0.3 is 10.1 Å². The second-order valence-corrected chi connectivity index (χ2v) is 7.86. The number of nitrogens with one attached hydrogen (secondary N) is 1. The van der Waals surface area contributed by atoms with E-state index in [0.29, 0.717) is 10.0 Å². The van der Waals surface area contributed by atoms with Gasteiger partial charge in [-0.3, -0.25) is 14.4 Å². The Balaban J connectivity index is 1.43. The molecule has 1 amide bonds. The highest BCUT2D eigenvalue weighted by Crippen LogP contribution is 2.23. The van der Waals surface area contributed by atoms with Gasteiger partial charge in [-0.05, 0) is 61.1 Å². The number of carbonyl (C=O) groups excluding carboxylic acids is 3. The minimum absolute atomic E-state index is 0.00293. The molecule has 0 radical (unpaired) electrons. The Bertz CT molecular complexity index is 944. The van der Waals surface area contributed by atoms with Crippen LogP contribution in [-0.4, -0.2) is 24.3 Å². The van der Waals surface area contributed by atoms with Gasteiger partial charge >= 0.3 is 5.97 Å². The van der Waals surface area contributed by atoms with Crippen molar-refractivity contribution < 1.29 is 23.5 Å². The molecule has 0 heterocycles. The lowest BCUT2D eigenvalue weighted by Gasteiger charge is -2.16. The zero-order valence-corrected chi connectivity index (χ0v) is 17.4. The van der Waals surface area contributed by atoms with Crippen LogP contribution < -0.4 is 5.32 Å². The van der Waals surface area contributed by atoms with E-state index < -0.39 is 24.3 Å². The Morgan fingerprint density at radius 1 is 1.00 bits per heavy atom. The molecule has 152 valence electrons. The summed E-state index contributed by atoms with van der Waals surface area (Å²) in [4.78, 5) is 36.0. The van der Waals surface area contributed by atoms with Crippen LogP contribution in [0.3, 0.4) is 0 Å². The molecule has 3 rings (SSSR count). The van der Waals surface area contributed by atoms with Gasteiger partial charge in [0.05, 0.1) is 12.1 Å². The van der Waals surface area contributed by atoms with Crippen LogP contribution in [0.4, 0.5) is 10.1 Å². The quantitative estimate of drug-likeness (QED) is 0.482. The highest BCUT2D eigenvalue weighted by atomic mass is 79.9. The van der Waals surface area contributed by atoms with Crippen LogP contribution in [0.1, 0.15) is 47.2 Å². The number of rotatable bonds is 7. The molecule has 1 N–H and O–H groups in total. The maximum absolute atomic E-state index is 13.7. The van der Waals surface area contributed by atoms with Crippen molar-refractivity contribution in [1.82, 2.24) is 0 Å². The minimum atomic E-state index is -0.652. The fraction of sp³-hybridized carbons (Fsp3) is 0.318. The van der Waals surface area contributed by atoms with Gasteiger partial charge in [-0.25, -0.2) is 4.39 Å². The number of ether oxygens (including phenoxy) is 1. The van der Waals surface area contributed by atoms with Gasteiger partial charge in [0.2, 0.25) is 0 Å². The summed E-state index contributed by atoms with van der Waals surface area (Å²) in [6, 6.07) is 9.91. The van der Waals surface area contributed by atoms with E-state index >= 15 is 0 Å². The van der Waals surface area contributed by atoms with Gasteiger partial charge in [0.1, 0.15) is 5.82 Å². The molecule has 1 aliphatic carbocycles. The number of hydrogen-bond donors (Lipinski definition) is 1. The van der Waals surface area contributed by atoms with Gasteiger partial charge in [0.25, 0.3) is 5.91 Å². The predicted octanol–water partition coefficient (Wildman–Crippen LogP) is 4.61. The van der Waals surface area contributed by atoms with Crippen LogP contribution in [0, 0.1) is 5.82 Å². The summed E-state index contributed by atoms with van der Waals surface area (Å²) in [7, 11) is 0. The molecular weight excluding hydrogens is 441 g/mol. The van der Waals surface area contributed by atoms with Gasteiger partial charge in [-0.2, -0.15) is 0 Å². The first kappa shape index (κ1) is 21.2. The number of hydrogen-bond acceptors (Lipinski definition) is 4. The molecule has 5 nitrogen and oxygen atoms in total. The first-order chi connectivity index (χ1) is 13.9. The first-order valence-corrected chi connectivity index (χ1v) is 10.3. The van der Waals surface area contributed by atoms with Crippen molar-refractivity contribution in [2.24, 2.45) is 0 Å². The van der Waals surface area contributed by atoms with E-state index in [1.165, 1.54) is 29.7 Å². The average molecular weight is 462 g/mol. The zero-order valence-electron chi connectivity index (χ0n) is 15.8. The van der Waals surface area contributed by atoms with Crippen LogP contribution in [0.2, 0.25) is 0 Å². The smallest absolute Gasteiger partial charge is 0.306 e. The predicted molar refractivity (Wildman–Crippen MR) is 110 cm³/mol. The van der Waals surface area contributed by atoms with E-state index in [0.717, 1.165) is 19.3 Å². The number of Topliss-reactive ketones (excluding diaryl/α,β-unsaturated/α-hetero) is 1. The summed E-state index contributed by atoms with van der Waals surface area (Å²) in [5.41, 5.74) is 3.10. The molecule has 0 saturated heterocycles. The van der Waals surface area contributed by atoms with Crippen molar-refractivity contribution in [3.8, 4) is 0 Å². The molecule has 0 bridgehead atoms. The molecule has 0 saturated carbocycles. The van der Waals surface area contributed by atoms with Crippen molar-refractivity contribution in [3.05, 3.63) is 63.4 Å². The maximum Gasteiger partial charge on any atom is 0.306 e. The summed E-state index contributed by atoms with van der Waals surface area (Å²) in [6.07, 6.45) is 4.22. The third kappa shape index (κ3) is 5.97. The van der Waals surface area contributed by atoms with Crippen LogP contribution >= 0.6 is 15.9 Å². The summed E-state index contributed by atoms with van der Waals surface area (Å²) >= 11 is 3.13. The lowest BCUT2D eigenvalue weighted by molar-refractivity contribution is -0.147. The van der Waals surface area contributed by atoms with Gasteiger partial charge in [-0.15, -0.1) is 0 Å². The lowest BCUT2D eigenvalue weighted by atomic mass is 9.89. The molecule has 29 heavy (non-hydrogen) atoms. The molecule has 0 unspecified atom stereocenters. The number of fused-ring (bicyclic) bond motifs is 1.